The van der Waals surface area contributed by atoms with Crippen LogP contribution in [-0.4, -0.2) is 59.0 Å². The molecule has 2 saturated heterocycles. The number of hydrogen-bond donors (Lipinski definition) is 1. The predicted molar refractivity (Wildman–Crippen MR) is 122 cm³/mol. The molecule has 2 unspecified atom stereocenters. The van der Waals surface area contributed by atoms with Crippen LogP contribution in [0.4, 0.5) is 4.39 Å². The van der Waals surface area contributed by atoms with Gasteiger partial charge in [0.2, 0.25) is 11.8 Å². The Morgan fingerprint density at radius 2 is 1.58 bits per heavy atom. The van der Waals surface area contributed by atoms with Crippen molar-refractivity contribution in [3.05, 3.63) is 35.6 Å². The molecule has 2 amide bonds. The Morgan fingerprint density at radius 1 is 0.939 bits per heavy atom. The number of likely N-dealkylation sites (tertiary alicyclic amines) is 2. The molecule has 2 heterocycles. The van der Waals surface area contributed by atoms with Crippen molar-refractivity contribution >= 4 is 11.8 Å². The second kappa shape index (κ2) is 7.79. The molecule has 178 valence electrons. The highest BCUT2D eigenvalue weighted by molar-refractivity contribution is 5.84. The van der Waals surface area contributed by atoms with Gasteiger partial charge in [0, 0.05) is 38.0 Å². The zero-order valence-electron chi connectivity index (χ0n) is 19.3. The maximum absolute atomic E-state index is 13.9. The number of carbonyl (C=O) groups is 2. The summed E-state index contributed by atoms with van der Waals surface area (Å²) in [6, 6.07) is 6.81. The van der Waals surface area contributed by atoms with E-state index in [1.807, 2.05) is 12.1 Å². The van der Waals surface area contributed by atoms with E-state index in [2.05, 4.69) is 4.90 Å². The molecule has 0 radical (unpaired) electrons. The van der Waals surface area contributed by atoms with Crippen LogP contribution in [0.25, 0.3) is 0 Å². The minimum Gasteiger partial charge on any atom is -0.389 e. The molecule has 0 spiro atoms. The van der Waals surface area contributed by atoms with Gasteiger partial charge < -0.3 is 14.9 Å². The lowest BCUT2D eigenvalue weighted by atomic mass is 9.39. The van der Waals surface area contributed by atoms with Crippen LogP contribution in [-0.2, 0) is 15.0 Å². The van der Waals surface area contributed by atoms with Gasteiger partial charge in [-0.1, -0.05) is 12.1 Å². The number of hydrogen-bond acceptors (Lipinski definition) is 3. The molecule has 6 heteroatoms. The van der Waals surface area contributed by atoms with Crippen molar-refractivity contribution in [3.63, 3.8) is 0 Å². The van der Waals surface area contributed by atoms with Crippen molar-refractivity contribution in [2.45, 2.75) is 69.3 Å². The normalized spacial score (nSPS) is 37.8. The van der Waals surface area contributed by atoms with Crippen LogP contribution < -0.4 is 0 Å². The van der Waals surface area contributed by atoms with E-state index in [0.29, 0.717) is 31.3 Å². The predicted octanol–water partition coefficient (Wildman–Crippen LogP) is 3.50. The molecule has 33 heavy (non-hydrogen) atoms. The fourth-order valence-electron chi connectivity index (χ4n) is 8.44. The van der Waals surface area contributed by atoms with Gasteiger partial charge in [-0.15, -0.1) is 0 Å². The largest absolute Gasteiger partial charge is 0.389 e. The number of piperidine rings is 1. The van der Waals surface area contributed by atoms with E-state index in [1.54, 1.807) is 4.90 Å². The van der Waals surface area contributed by atoms with Gasteiger partial charge in [0.15, 0.2) is 0 Å². The van der Waals surface area contributed by atoms with Gasteiger partial charge in [0.1, 0.15) is 5.82 Å². The van der Waals surface area contributed by atoms with Crippen molar-refractivity contribution in [3.8, 4) is 0 Å². The van der Waals surface area contributed by atoms with E-state index in [0.717, 1.165) is 63.6 Å². The van der Waals surface area contributed by atoms with Crippen molar-refractivity contribution < 1.29 is 19.1 Å². The highest BCUT2D eigenvalue weighted by Gasteiger charge is 2.65. The first-order valence-electron chi connectivity index (χ1n) is 12.9. The van der Waals surface area contributed by atoms with Crippen LogP contribution in [0.15, 0.2) is 24.3 Å². The third-order valence-corrected chi connectivity index (χ3v) is 9.78. The zero-order chi connectivity index (χ0) is 22.8. The first-order valence-corrected chi connectivity index (χ1v) is 12.9. The topological polar surface area (TPSA) is 60.9 Å². The molecule has 6 fully saturated rings. The quantitative estimate of drug-likeness (QED) is 0.758. The van der Waals surface area contributed by atoms with Crippen molar-refractivity contribution in [1.29, 1.82) is 0 Å². The summed E-state index contributed by atoms with van der Waals surface area (Å²) in [5.74, 6) is 1.27. The van der Waals surface area contributed by atoms with Gasteiger partial charge in [-0.05, 0) is 86.8 Å². The van der Waals surface area contributed by atoms with E-state index in [1.165, 1.54) is 18.6 Å². The van der Waals surface area contributed by atoms with Gasteiger partial charge in [-0.2, -0.15) is 0 Å². The molecule has 6 aliphatic rings. The molecule has 2 aliphatic heterocycles. The Bertz CT molecular complexity index is 919. The number of amides is 2. The second-order valence-electron chi connectivity index (χ2n) is 11.7. The number of halogens is 1. The summed E-state index contributed by atoms with van der Waals surface area (Å²) < 4.78 is 13.9. The first-order chi connectivity index (χ1) is 15.9. The number of benzene rings is 1. The lowest BCUT2D eigenvalue weighted by Crippen LogP contribution is -2.64. The fraction of sp³-hybridized carbons (Fsp3) is 0.704. The molecular formula is C27H35FN2O3. The van der Waals surface area contributed by atoms with E-state index >= 15 is 0 Å². The monoisotopic (exact) mass is 454 g/mol. The Morgan fingerprint density at radius 3 is 2.18 bits per heavy atom. The van der Waals surface area contributed by atoms with Crippen molar-refractivity contribution in [1.82, 2.24) is 9.80 Å². The van der Waals surface area contributed by atoms with E-state index in [4.69, 9.17) is 0 Å². The number of rotatable bonds is 4. The molecule has 1 aromatic carbocycles. The highest BCUT2D eigenvalue weighted by atomic mass is 19.1. The minimum absolute atomic E-state index is 0.0912. The molecular weight excluding hydrogens is 419 g/mol. The molecule has 5 nitrogen and oxygen atoms in total. The third-order valence-electron chi connectivity index (χ3n) is 9.78. The number of aliphatic hydroxyl groups excluding tert-OH is 1. The van der Waals surface area contributed by atoms with E-state index < -0.39 is 6.10 Å². The summed E-state index contributed by atoms with van der Waals surface area (Å²) in [6.45, 7) is 2.60. The number of aliphatic hydroxyl groups is 1. The third kappa shape index (κ3) is 3.35. The molecule has 2 atom stereocenters. The van der Waals surface area contributed by atoms with Crippen LogP contribution >= 0.6 is 0 Å². The molecule has 4 saturated carbocycles. The van der Waals surface area contributed by atoms with Gasteiger partial charge >= 0.3 is 0 Å². The molecule has 1 N–H and O–H groups in total. The van der Waals surface area contributed by atoms with E-state index in [9.17, 15) is 19.1 Å². The smallest absolute Gasteiger partial charge is 0.228 e. The van der Waals surface area contributed by atoms with Crippen molar-refractivity contribution in [2.24, 2.45) is 23.2 Å². The first kappa shape index (κ1) is 21.6. The number of nitrogens with zero attached hydrogens (tertiary/aromatic N) is 2. The average Bonchev–Trinajstić information content (AvgIpc) is 2.79. The zero-order valence-corrected chi connectivity index (χ0v) is 19.3. The Balaban J connectivity index is 1.35. The summed E-state index contributed by atoms with van der Waals surface area (Å²) in [5.41, 5.74) is 0.453. The van der Waals surface area contributed by atoms with Gasteiger partial charge in [0.25, 0.3) is 0 Å². The van der Waals surface area contributed by atoms with E-state index in [-0.39, 0.29) is 34.4 Å². The Hall–Kier alpha value is -1.95. The summed E-state index contributed by atoms with van der Waals surface area (Å²) >= 11 is 0. The van der Waals surface area contributed by atoms with Crippen molar-refractivity contribution in [2.75, 3.05) is 26.2 Å². The number of carbonyl (C=O) groups excluding carboxylic acids is 2. The SMILES string of the molecule is O=C(C[C@]1(c2ccc(F)cc2)C2CC3CC1C[C@@](C(=O)N1CCCCC1)(C3)C2)N1CC(O)C1. The van der Waals surface area contributed by atoms with Crippen LogP contribution in [0.1, 0.15) is 63.4 Å². The van der Waals surface area contributed by atoms with Gasteiger partial charge in [-0.25, -0.2) is 4.39 Å². The van der Waals surface area contributed by atoms with Gasteiger partial charge in [-0.3, -0.25) is 9.59 Å². The standard InChI is InChI=1S/C27H35FN2O3/c28-22-6-4-19(5-7-22)27(15-24(32)30-16-23(31)17-30)20-10-18-11-21(27)14-26(12-18,13-20)25(33)29-8-2-1-3-9-29/h4-7,18,20-21,23,31H,1-3,8-17H2/t18?,20?,21?,26-,27+. The van der Waals surface area contributed by atoms with Crippen LogP contribution in [0.5, 0.6) is 0 Å². The van der Waals surface area contributed by atoms with Gasteiger partial charge in [0.05, 0.1) is 11.5 Å². The lowest BCUT2D eigenvalue weighted by molar-refractivity contribution is -0.172. The minimum atomic E-state index is -0.417. The molecule has 4 aliphatic carbocycles. The van der Waals surface area contributed by atoms with Crippen LogP contribution in [0, 0.1) is 29.0 Å². The maximum atomic E-state index is 13.9. The summed E-state index contributed by atoms with van der Waals surface area (Å²) in [4.78, 5) is 31.1. The lowest BCUT2D eigenvalue weighted by Gasteiger charge is -2.65. The van der Waals surface area contributed by atoms with Crippen LogP contribution in [0.3, 0.4) is 0 Å². The second-order valence-corrected chi connectivity index (χ2v) is 11.7. The maximum Gasteiger partial charge on any atom is 0.228 e. The summed E-state index contributed by atoms with van der Waals surface area (Å²) in [6.07, 6.45) is 8.22. The molecule has 4 bridgehead atoms. The number of β-amino-alcohol motifs (C(OH)–C–C–N with tert-alkyl or cyclic N) is 1. The Kier molecular flexibility index (Phi) is 5.09. The molecule has 1 aromatic rings. The average molecular weight is 455 g/mol. The molecule has 7 rings (SSSR count). The Labute approximate surface area is 195 Å². The summed E-state index contributed by atoms with van der Waals surface area (Å²) in [7, 11) is 0. The summed E-state index contributed by atoms with van der Waals surface area (Å²) in [5, 5.41) is 9.73. The van der Waals surface area contributed by atoms with Crippen LogP contribution in [0.2, 0.25) is 0 Å². The fourth-order valence-corrected chi connectivity index (χ4v) is 8.44. The molecule has 0 aromatic heterocycles. The highest BCUT2D eigenvalue weighted by Crippen LogP contribution is 2.68.